The number of aryl methyl sites for hydroxylation is 1. The van der Waals surface area contributed by atoms with Crippen LogP contribution >= 0.6 is 0 Å². The van der Waals surface area contributed by atoms with E-state index in [0.717, 1.165) is 28.1 Å². The number of carbonyl (C=O) groups is 1. The SMILES string of the molecule is COc1ccccc1Cn1nc(-c2ccc(C)cc2OCC(=O)O)cc1-c1ccc(F)cc1. The van der Waals surface area contributed by atoms with Crippen LogP contribution in [0.5, 0.6) is 11.5 Å². The molecule has 168 valence electrons. The van der Waals surface area contributed by atoms with E-state index in [-0.39, 0.29) is 5.82 Å². The Labute approximate surface area is 190 Å². The molecule has 33 heavy (non-hydrogen) atoms. The van der Waals surface area contributed by atoms with Crippen molar-refractivity contribution >= 4 is 5.97 Å². The van der Waals surface area contributed by atoms with E-state index in [9.17, 15) is 9.18 Å². The summed E-state index contributed by atoms with van der Waals surface area (Å²) in [7, 11) is 1.62. The van der Waals surface area contributed by atoms with Gasteiger partial charge in [-0.25, -0.2) is 9.18 Å². The number of ether oxygens (including phenoxy) is 2. The van der Waals surface area contributed by atoms with Crippen LogP contribution in [0.25, 0.3) is 22.5 Å². The number of halogens is 1. The lowest BCUT2D eigenvalue weighted by atomic mass is 10.1. The van der Waals surface area contributed by atoms with Crippen molar-refractivity contribution in [3.05, 3.63) is 89.7 Å². The maximum absolute atomic E-state index is 13.6. The molecule has 0 fully saturated rings. The molecule has 1 heterocycles. The highest BCUT2D eigenvalue weighted by Crippen LogP contribution is 2.34. The second kappa shape index (κ2) is 9.56. The Hall–Kier alpha value is -4.13. The highest BCUT2D eigenvalue weighted by atomic mass is 19.1. The third-order valence-corrected chi connectivity index (χ3v) is 5.20. The van der Waals surface area contributed by atoms with E-state index < -0.39 is 12.6 Å². The predicted molar refractivity (Wildman–Crippen MR) is 123 cm³/mol. The zero-order valence-corrected chi connectivity index (χ0v) is 18.3. The van der Waals surface area contributed by atoms with Crippen LogP contribution in [0.4, 0.5) is 4.39 Å². The molecule has 0 saturated carbocycles. The van der Waals surface area contributed by atoms with Crippen molar-refractivity contribution in [1.82, 2.24) is 9.78 Å². The molecule has 0 atom stereocenters. The summed E-state index contributed by atoms with van der Waals surface area (Å²) in [5.41, 5.74) is 4.73. The van der Waals surface area contributed by atoms with Crippen molar-refractivity contribution in [3.8, 4) is 34.0 Å². The van der Waals surface area contributed by atoms with Gasteiger partial charge in [-0.15, -0.1) is 0 Å². The Morgan fingerprint density at radius 3 is 2.52 bits per heavy atom. The van der Waals surface area contributed by atoms with Gasteiger partial charge in [0.15, 0.2) is 6.61 Å². The number of nitrogens with zero attached hydrogens (tertiary/aromatic N) is 2. The number of aromatic nitrogens is 2. The Morgan fingerprint density at radius 2 is 1.79 bits per heavy atom. The summed E-state index contributed by atoms with van der Waals surface area (Å²) in [5, 5.41) is 13.9. The van der Waals surface area contributed by atoms with Gasteiger partial charge in [-0.05, 0) is 61.0 Å². The van der Waals surface area contributed by atoms with Gasteiger partial charge in [-0.2, -0.15) is 5.10 Å². The second-order valence-electron chi connectivity index (χ2n) is 7.57. The third kappa shape index (κ3) is 5.03. The smallest absolute Gasteiger partial charge is 0.341 e. The van der Waals surface area contributed by atoms with Crippen LogP contribution in [-0.2, 0) is 11.3 Å². The van der Waals surface area contributed by atoms with Crippen molar-refractivity contribution < 1.29 is 23.8 Å². The van der Waals surface area contributed by atoms with E-state index in [2.05, 4.69) is 0 Å². The van der Waals surface area contributed by atoms with Gasteiger partial charge in [0, 0.05) is 16.7 Å². The minimum Gasteiger partial charge on any atom is -0.496 e. The molecule has 3 aromatic carbocycles. The molecule has 0 amide bonds. The van der Waals surface area contributed by atoms with E-state index >= 15 is 0 Å². The molecule has 6 nitrogen and oxygen atoms in total. The fourth-order valence-electron chi connectivity index (χ4n) is 3.62. The average molecular weight is 446 g/mol. The van der Waals surface area contributed by atoms with Crippen LogP contribution in [0, 0.1) is 12.7 Å². The summed E-state index contributed by atoms with van der Waals surface area (Å²) in [6.07, 6.45) is 0. The molecular formula is C26H23FN2O4. The topological polar surface area (TPSA) is 73.6 Å². The molecule has 0 saturated heterocycles. The minimum absolute atomic E-state index is 0.322. The lowest BCUT2D eigenvalue weighted by Gasteiger charge is -2.11. The van der Waals surface area contributed by atoms with Crippen LogP contribution < -0.4 is 9.47 Å². The molecular weight excluding hydrogens is 423 g/mol. The minimum atomic E-state index is -1.06. The lowest BCUT2D eigenvalue weighted by Crippen LogP contribution is -2.10. The van der Waals surface area contributed by atoms with E-state index in [1.165, 1.54) is 12.1 Å². The highest BCUT2D eigenvalue weighted by Gasteiger charge is 2.17. The first-order valence-electron chi connectivity index (χ1n) is 10.4. The second-order valence-corrected chi connectivity index (χ2v) is 7.57. The molecule has 4 rings (SSSR count). The standard InChI is InChI=1S/C26H23FN2O4/c1-17-7-12-21(25(13-17)33-16-26(30)31)22-14-23(18-8-10-20(27)11-9-18)29(28-22)15-19-5-3-4-6-24(19)32-2/h3-14H,15-16H2,1-2H3,(H,30,31). The average Bonchev–Trinajstić information content (AvgIpc) is 3.22. The first-order valence-corrected chi connectivity index (χ1v) is 10.4. The maximum atomic E-state index is 13.6. The number of hydrogen-bond acceptors (Lipinski definition) is 4. The zero-order chi connectivity index (χ0) is 23.4. The number of aliphatic carboxylic acids is 1. The zero-order valence-electron chi connectivity index (χ0n) is 18.3. The Balaban J connectivity index is 1.82. The molecule has 1 N–H and O–H groups in total. The number of methoxy groups -OCH3 is 1. The summed E-state index contributed by atoms with van der Waals surface area (Å²) in [6, 6.07) is 21.3. The maximum Gasteiger partial charge on any atom is 0.341 e. The Kier molecular flexibility index (Phi) is 6.40. The normalized spacial score (nSPS) is 10.8. The predicted octanol–water partition coefficient (Wildman–Crippen LogP) is 5.18. The summed E-state index contributed by atoms with van der Waals surface area (Å²) >= 11 is 0. The molecule has 0 aliphatic carbocycles. The molecule has 0 radical (unpaired) electrons. The van der Waals surface area contributed by atoms with Gasteiger partial charge >= 0.3 is 5.97 Å². The monoisotopic (exact) mass is 446 g/mol. The van der Waals surface area contributed by atoms with Crippen LogP contribution in [0.1, 0.15) is 11.1 Å². The molecule has 0 spiro atoms. The Morgan fingerprint density at radius 1 is 1.03 bits per heavy atom. The van der Waals surface area contributed by atoms with Gasteiger partial charge in [-0.3, -0.25) is 4.68 Å². The van der Waals surface area contributed by atoms with Gasteiger partial charge in [0.2, 0.25) is 0 Å². The van der Waals surface area contributed by atoms with Gasteiger partial charge in [-0.1, -0.05) is 24.3 Å². The van der Waals surface area contributed by atoms with Crippen molar-refractivity contribution in [2.45, 2.75) is 13.5 Å². The number of carboxylic acid groups (broad SMARTS) is 1. The van der Waals surface area contributed by atoms with Crippen LogP contribution in [0.3, 0.4) is 0 Å². The number of hydrogen-bond donors (Lipinski definition) is 1. The number of para-hydroxylation sites is 1. The van der Waals surface area contributed by atoms with Crippen LogP contribution in [0.2, 0.25) is 0 Å². The lowest BCUT2D eigenvalue weighted by molar-refractivity contribution is -0.139. The Bertz CT molecular complexity index is 1280. The number of benzene rings is 3. The first-order chi connectivity index (χ1) is 15.9. The molecule has 0 unspecified atom stereocenters. The largest absolute Gasteiger partial charge is 0.496 e. The highest BCUT2D eigenvalue weighted by molar-refractivity contribution is 5.74. The van der Waals surface area contributed by atoms with Gasteiger partial charge in [0.1, 0.15) is 17.3 Å². The number of carboxylic acids is 1. The first kappa shape index (κ1) is 22.1. The van der Waals surface area contributed by atoms with Gasteiger partial charge in [0.25, 0.3) is 0 Å². The van der Waals surface area contributed by atoms with Crippen molar-refractivity contribution in [2.75, 3.05) is 13.7 Å². The summed E-state index contributed by atoms with van der Waals surface area (Å²) in [6.45, 7) is 1.87. The van der Waals surface area contributed by atoms with Crippen molar-refractivity contribution in [2.24, 2.45) is 0 Å². The van der Waals surface area contributed by atoms with E-state index in [1.807, 2.05) is 54.1 Å². The molecule has 0 aliphatic heterocycles. The molecule has 4 aromatic rings. The van der Waals surface area contributed by atoms with E-state index in [4.69, 9.17) is 19.7 Å². The van der Waals surface area contributed by atoms with Crippen molar-refractivity contribution in [3.63, 3.8) is 0 Å². The van der Waals surface area contributed by atoms with Crippen LogP contribution in [-0.4, -0.2) is 34.6 Å². The molecule has 7 heteroatoms. The molecule has 0 bridgehead atoms. The van der Waals surface area contributed by atoms with E-state index in [1.54, 1.807) is 25.3 Å². The quantitative estimate of drug-likeness (QED) is 0.404. The summed E-state index contributed by atoms with van der Waals surface area (Å²) < 4.78 is 26.4. The van der Waals surface area contributed by atoms with Gasteiger partial charge < -0.3 is 14.6 Å². The molecule has 0 aliphatic rings. The van der Waals surface area contributed by atoms with Gasteiger partial charge in [0.05, 0.1) is 25.0 Å². The summed E-state index contributed by atoms with van der Waals surface area (Å²) in [4.78, 5) is 11.1. The van der Waals surface area contributed by atoms with Crippen LogP contribution in [0.15, 0.2) is 72.8 Å². The fraction of sp³-hybridized carbons (Fsp3) is 0.154. The third-order valence-electron chi connectivity index (χ3n) is 5.20. The fourth-order valence-corrected chi connectivity index (χ4v) is 3.62. The van der Waals surface area contributed by atoms with E-state index in [0.29, 0.717) is 23.6 Å². The summed E-state index contributed by atoms with van der Waals surface area (Å²) in [5.74, 6) is -0.209. The number of rotatable bonds is 8. The molecule has 1 aromatic heterocycles. The van der Waals surface area contributed by atoms with Crippen molar-refractivity contribution in [1.29, 1.82) is 0 Å².